The van der Waals surface area contributed by atoms with Gasteiger partial charge in [-0.3, -0.25) is 0 Å². The molecular weight excluding hydrogens is 752 g/mol. The summed E-state index contributed by atoms with van der Waals surface area (Å²) < 4.78 is 0. The molecule has 0 saturated heterocycles. The van der Waals surface area contributed by atoms with Crippen LogP contribution in [0.2, 0.25) is 0 Å². The highest BCUT2D eigenvalue weighted by atomic mass is 33.1. The van der Waals surface area contributed by atoms with Gasteiger partial charge in [0.25, 0.3) is 0 Å². The van der Waals surface area contributed by atoms with Crippen LogP contribution in [0.25, 0.3) is 5.57 Å². The molecule has 5 unspecified atom stereocenters. The number of terminal acetylenes is 2. The van der Waals surface area contributed by atoms with Crippen LogP contribution in [-0.4, -0.2) is 0 Å². The van der Waals surface area contributed by atoms with Gasteiger partial charge in [-0.05, 0) is 190 Å². The van der Waals surface area contributed by atoms with E-state index >= 15 is 0 Å². The van der Waals surface area contributed by atoms with E-state index in [9.17, 15) is 0 Å². The molecule has 0 spiro atoms. The maximum atomic E-state index is 5.09. The van der Waals surface area contributed by atoms with Crippen molar-refractivity contribution in [2.45, 2.75) is 146 Å². The smallest absolute Gasteiger partial charge is 0.00860 e. The second-order valence-electron chi connectivity index (χ2n) is 13.4. The Morgan fingerprint density at radius 2 is 0.860 bits per heavy atom. The zero-order valence-electron chi connectivity index (χ0n) is 33.4. The topological polar surface area (TPSA) is 0 Å². The molecule has 280 valence electrons. The second kappa shape index (κ2) is 30.8. The van der Waals surface area contributed by atoms with Crippen molar-refractivity contribution < 1.29 is 0 Å². The molecule has 0 saturated carbocycles. The fraction of sp³-hybridized carbons (Fsp3) is 0.524. The fourth-order valence-corrected chi connectivity index (χ4v) is 34.2. The standard InChI is InChI=1S/C22H34.2C10H14.H10P8/c1-15(2)13-11-9-10-12-14-16(3)22-20(7)18(5)17(4)19(6)21(22)8;1-7-5-9(3)10(4)6-8(7)2;1-3-5-7-9-10-8-6-4-2;1-6(2)8(5)7(3)4/h1,3,9-14H2,2,4-8H3;5-6H,1-4H3;1-2H,5-10H2;1-5H2. The Labute approximate surface area is 326 Å². The van der Waals surface area contributed by atoms with Crippen LogP contribution in [0.4, 0.5) is 0 Å². The molecule has 2 rings (SSSR count). The highest BCUT2D eigenvalue weighted by Crippen LogP contribution is 3.00. The summed E-state index contributed by atoms with van der Waals surface area (Å²) >= 11 is 0. The maximum absolute atomic E-state index is 5.09. The molecular formula is C42H72P8. The van der Waals surface area contributed by atoms with Crippen molar-refractivity contribution in [3.63, 3.8) is 0 Å². The quantitative estimate of drug-likeness (QED) is 0.0726. The number of hydrogen-bond donors (Lipinski definition) is 0. The van der Waals surface area contributed by atoms with Gasteiger partial charge in [0, 0.05) is 12.8 Å². The lowest BCUT2D eigenvalue weighted by Crippen LogP contribution is -2.02. The highest BCUT2D eigenvalue weighted by molar-refractivity contribution is 9.06. The van der Waals surface area contributed by atoms with Gasteiger partial charge < -0.3 is 0 Å². The van der Waals surface area contributed by atoms with Gasteiger partial charge in [-0.15, -0.1) is 75.9 Å². The van der Waals surface area contributed by atoms with Gasteiger partial charge in [0.1, 0.15) is 0 Å². The SMILES string of the molecule is C#CCCCCCCC#C.C=C(C)CCCCCCC(=C)c1c(C)c(C)c(C)c(C)c1C.Cc1cc(C)c(C)cc1C.PP(P)P(P)P(P)P. The Hall–Kier alpha value is 0.480. The van der Waals surface area contributed by atoms with Crippen molar-refractivity contribution >= 4 is 71.2 Å². The van der Waals surface area contributed by atoms with E-state index in [0.29, 0.717) is 0 Å². The number of allylic oxidation sites excluding steroid dienone is 2. The Morgan fingerprint density at radius 1 is 0.540 bits per heavy atom. The van der Waals surface area contributed by atoms with Gasteiger partial charge in [-0.1, -0.05) is 50.0 Å². The monoisotopic (exact) mass is 824 g/mol. The molecule has 0 nitrogen and oxygen atoms in total. The summed E-state index contributed by atoms with van der Waals surface area (Å²) in [6, 6.07) is 4.48. The average Bonchev–Trinajstić information content (AvgIpc) is 3.05. The van der Waals surface area contributed by atoms with Crippen LogP contribution in [0.3, 0.4) is 0 Å². The Kier molecular flexibility index (Phi) is 32.4. The van der Waals surface area contributed by atoms with E-state index in [2.05, 4.69) is 151 Å². The number of rotatable bonds is 15. The first-order valence-corrected chi connectivity index (χ1v) is 31.3. The van der Waals surface area contributed by atoms with Gasteiger partial charge in [0.05, 0.1) is 0 Å². The summed E-state index contributed by atoms with van der Waals surface area (Å²) in [5, 5.41) is 0. The summed E-state index contributed by atoms with van der Waals surface area (Å²) in [6.45, 7) is 30.8. The van der Waals surface area contributed by atoms with Crippen molar-refractivity contribution in [3.05, 3.63) is 86.5 Å². The zero-order chi connectivity index (χ0) is 39.0. The summed E-state index contributed by atoms with van der Waals surface area (Å²) in [6.07, 6.45) is 24.2. The minimum atomic E-state index is 0.147. The predicted molar refractivity (Wildman–Crippen MR) is 262 cm³/mol. The summed E-state index contributed by atoms with van der Waals surface area (Å²) in [5.74, 6) is 5.24. The number of aryl methyl sites for hydroxylation is 4. The molecule has 0 aromatic heterocycles. The lowest BCUT2D eigenvalue weighted by atomic mass is 9.85. The summed E-state index contributed by atoms with van der Waals surface area (Å²) in [7, 11) is 14.4. The Bertz CT molecular complexity index is 1290. The van der Waals surface area contributed by atoms with Crippen LogP contribution < -0.4 is 0 Å². The summed E-state index contributed by atoms with van der Waals surface area (Å²) in [5.41, 5.74) is 16.8. The largest absolute Gasteiger partial charge is 0.120 e. The van der Waals surface area contributed by atoms with E-state index in [4.69, 9.17) is 12.8 Å². The molecule has 2 aromatic rings. The lowest BCUT2D eigenvalue weighted by Gasteiger charge is -2.20. The van der Waals surface area contributed by atoms with Gasteiger partial charge in [-0.25, -0.2) is 0 Å². The maximum Gasteiger partial charge on any atom is 0.00860 e. The van der Waals surface area contributed by atoms with Crippen LogP contribution >= 0.6 is 65.6 Å². The third-order valence-electron chi connectivity index (χ3n) is 9.16. The molecule has 0 radical (unpaired) electrons. The van der Waals surface area contributed by atoms with Crippen molar-refractivity contribution in [1.29, 1.82) is 0 Å². The minimum Gasteiger partial charge on any atom is -0.120 e. The number of hydrogen-bond acceptors (Lipinski definition) is 0. The van der Waals surface area contributed by atoms with Crippen LogP contribution in [0.1, 0.15) is 140 Å². The zero-order valence-corrected chi connectivity index (χ0v) is 41.9. The van der Waals surface area contributed by atoms with Crippen LogP contribution in [0, 0.1) is 87.0 Å². The van der Waals surface area contributed by atoms with E-state index in [-0.39, 0.29) is 21.0 Å². The molecule has 2 aromatic carbocycles. The first-order valence-electron chi connectivity index (χ1n) is 17.8. The van der Waals surface area contributed by atoms with Gasteiger partial charge >= 0.3 is 0 Å². The van der Waals surface area contributed by atoms with E-state index in [1.54, 1.807) is 0 Å². The van der Waals surface area contributed by atoms with Crippen LogP contribution in [0.5, 0.6) is 0 Å². The summed E-state index contributed by atoms with van der Waals surface area (Å²) in [4.78, 5) is 0. The van der Waals surface area contributed by atoms with E-state index in [1.807, 2.05) is 0 Å². The highest BCUT2D eigenvalue weighted by Gasteiger charge is 2.14. The third-order valence-corrected chi connectivity index (χ3v) is 47.0. The molecule has 0 aliphatic rings. The molecule has 0 amide bonds. The van der Waals surface area contributed by atoms with Gasteiger partial charge in [0.15, 0.2) is 0 Å². The van der Waals surface area contributed by atoms with Crippen molar-refractivity contribution in [2.75, 3.05) is 0 Å². The predicted octanol–water partition coefficient (Wildman–Crippen LogP) is 16.9. The average molecular weight is 825 g/mol. The third kappa shape index (κ3) is 23.3. The molecule has 0 fully saturated rings. The Balaban J connectivity index is 0. The molecule has 0 aliphatic carbocycles. The second-order valence-corrected chi connectivity index (χ2v) is 41.5. The minimum absolute atomic E-state index is 0.147. The molecule has 0 aliphatic heterocycles. The molecule has 5 atom stereocenters. The van der Waals surface area contributed by atoms with Crippen LogP contribution in [0.15, 0.2) is 30.9 Å². The van der Waals surface area contributed by atoms with Crippen LogP contribution in [-0.2, 0) is 0 Å². The molecule has 50 heavy (non-hydrogen) atoms. The van der Waals surface area contributed by atoms with E-state index in [0.717, 1.165) is 32.1 Å². The van der Waals surface area contributed by atoms with Crippen molar-refractivity contribution in [1.82, 2.24) is 0 Å². The fourth-order valence-electron chi connectivity index (χ4n) is 5.31. The van der Waals surface area contributed by atoms with Gasteiger partial charge in [-0.2, -0.15) is 0 Å². The van der Waals surface area contributed by atoms with Gasteiger partial charge in [0.2, 0.25) is 0 Å². The molecule has 8 heteroatoms. The molecule has 0 bridgehead atoms. The number of unbranched alkanes of at least 4 members (excludes halogenated alkanes) is 8. The van der Waals surface area contributed by atoms with Crippen molar-refractivity contribution in [2.24, 2.45) is 0 Å². The number of benzene rings is 2. The lowest BCUT2D eigenvalue weighted by molar-refractivity contribution is 0.648. The normalized spacial score (nSPS) is 10.3. The Morgan fingerprint density at radius 3 is 1.16 bits per heavy atom. The first kappa shape index (κ1) is 52.6. The molecule has 0 heterocycles. The van der Waals surface area contributed by atoms with E-state index < -0.39 is 0 Å². The first-order chi connectivity index (χ1) is 23.3. The molecule has 0 N–H and O–H groups in total. The van der Waals surface area contributed by atoms with Crippen molar-refractivity contribution in [3.8, 4) is 24.7 Å². The van der Waals surface area contributed by atoms with E-state index in [1.165, 1.54) is 112 Å².